The van der Waals surface area contributed by atoms with Gasteiger partial charge in [0.2, 0.25) is 15.9 Å². The topological polar surface area (TPSA) is 88.4 Å². The highest BCUT2D eigenvalue weighted by atomic mass is 32.2. The average molecular weight is 386 g/mol. The molecule has 7 heteroatoms. The van der Waals surface area contributed by atoms with Crippen molar-refractivity contribution in [3.8, 4) is 0 Å². The molecule has 3 rings (SSSR count). The Balaban J connectivity index is 1.78. The SMILES string of the molecule is CC(C)C(NS(=O)(=O)c1ccc2ccccc2c1)C(=O)NCc1ccco1. The highest BCUT2D eigenvalue weighted by Gasteiger charge is 2.28. The zero-order chi connectivity index (χ0) is 19.4. The zero-order valence-electron chi connectivity index (χ0n) is 15.2. The molecule has 0 saturated heterocycles. The van der Waals surface area contributed by atoms with Crippen molar-refractivity contribution < 1.29 is 17.6 Å². The maximum atomic E-state index is 12.8. The van der Waals surface area contributed by atoms with Gasteiger partial charge < -0.3 is 9.73 Å². The number of hydrogen-bond acceptors (Lipinski definition) is 4. The van der Waals surface area contributed by atoms with Gasteiger partial charge in [-0.05, 0) is 41.0 Å². The monoisotopic (exact) mass is 386 g/mol. The number of rotatable bonds is 7. The van der Waals surface area contributed by atoms with Gasteiger partial charge in [-0.25, -0.2) is 8.42 Å². The highest BCUT2D eigenvalue weighted by molar-refractivity contribution is 7.89. The normalized spacial score (nSPS) is 13.0. The van der Waals surface area contributed by atoms with Crippen molar-refractivity contribution >= 4 is 26.7 Å². The highest BCUT2D eigenvalue weighted by Crippen LogP contribution is 2.19. The fraction of sp³-hybridized carbons (Fsp3) is 0.250. The van der Waals surface area contributed by atoms with Crippen LogP contribution in [0, 0.1) is 5.92 Å². The van der Waals surface area contributed by atoms with Gasteiger partial charge in [0, 0.05) is 0 Å². The third kappa shape index (κ3) is 4.56. The summed E-state index contributed by atoms with van der Waals surface area (Å²) in [6.07, 6.45) is 1.52. The molecule has 0 bridgehead atoms. The molecule has 1 unspecified atom stereocenters. The van der Waals surface area contributed by atoms with Crippen LogP contribution in [-0.4, -0.2) is 20.4 Å². The minimum Gasteiger partial charge on any atom is -0.467 e. The molecule has 1 atom stereocenters. The first-order chi connectivity index (χ1) is 12.9. The molecule has 0 aliphatic rings. The molecule has 0 radical (unpaired) electrons. The summed E-state index contributed by atoms with van der Waals surface area (Å²) in [6.45, 7) is 3.78. The molecule has 3 aromatic rings. The second-order valence-electron chi connectivity index (χ2n) is 6.65. The Morgan fingerprint density at radius 1 is 1.04 bits per heavy atom. The molecule has 2 aromatic carbocycles. The fourth-order valence-corrected chi connectivity index (χ4v) is 4.14. The van der Waals surface area contributed by atoms with Gasteiger partial charge in [-0.15, -0.1) is 0 Å². The van der Waals surface area contributed by atoms with Gasteiger partial charge in [0.25, 0.3) is 0 Å². The van der Waals surface area contributed by atoms with Crippen LogP contribution in [0.25, 0.3) is 10.8 Å². The number of nitrogens with one attached hydrogen (secondary N) is 2. The predicted octanol–water partition coefficient (Wildman–Crippen LogP) is 3.05. The zero-order valence-corrected chi connectivity index (χ0v) is 16.0. The van der Waals surface area contributed by atoms with Crippen molar-refractivity contribution in [1.29, 1.82) is 0 Å². The van der Waals surface area contributed by atoms with Gasteiger partial charge in [0.15, 0.2) is 0 Å². The van der Waals surface area contributed by atoms with E-state index < -0.39 is 22.0 Å². The summed E-state index contributed by atoms with van der Waals surface area (Å²) in [7, 11) is -3.85. The van der Waals surface area contributed by atoms with Gasteiger partial charge in [0.1, 0.15) is 11.8 Å². The Labute approximate surface area is 158 Å². The lowest BCUT2D eigenvalue weighted by molar-refractivity contribution is -0.123. The Hall–Kier alpha value is -2.64. The van der Waals surface area contributed by atoms with Gasteiger partial charge >= 0.3 is 0 Å². The molecule has 1 aromatic heterocycles. The van der Waals surface area contributed by atoms with E-state index in [0.29, 0.717) is 5.76 Å². The summed E-state index contributed by atoms with van der Waals surface area (Å²) in [5.41, 5.74) is 0. The van der Waals surface area contributed by atoms with Crippen LogP contribution in [0.1, 0.15) is 19.6 Å². The molecule has 1 heterocycles. The summed E-state index contributed by atoms with van der Waals surface area (Å²) in [4.78, 5) is 12.7. The van der Waals surface area contributed by atoms with E-state index in [4.69, 9.17) is 4.42 Å². The summed E-state index contributed by atoms with van der Waals surface area (Å²) in [6, 6.07) is 15.0. The van der Waals surface area contributed by atoms with E-state index in [2.05, 4.69) is 10.0 Å². The molecule has 142 valence electrons. The molecule has 0 spiro atoms. The van der Waals surface area contributed by atoms with E-state index in [-0.39, 0.29) is 17.4 Å². The van der Waals surface area contributed by atoms with Crippen LogP contribution < -0.4 is 10.0 Å². The average Bonchev–Trinajstić information content (AvgIpc) is 3.17. The van der Waals surface area contributed by atoms with Crippen molar-refractivity contribution in [2.45, 2.75) is 31.3 Å². The number of sulfonamides is 1. The van der Waals surface area contributed by atoms with Gasteiger partial charge in [-0.2, -0.15) is 4.72 Å². The predicted molar refractivity (Wildman–Crippen MR) is 103 cm³/mol. The number of hydrogen-bond donors (Lipinski definition) is 2. The van der Waals surface area contributed by atoms with Crippen molar-refractivity contribution in [2.24, 2.45) is 5.92 Å². The first-order valence-electron chi connectivity index (χ1n) is 8.68. The fourth-order valence-electron chi connectivity index (χ4n) is 2.76. The maximum Gasteiger partial charge on any atom is 0.241 e. The number of carbonyl (C=O) groups excluding carboxylic acids is 1. The Morgan fingerprint density at radius 3 is 2.44 bits per heavy atom. The lowest BCUT2D eigenvalue weighted by Gasteiger charge is -2.21. The van der Waals surface area contributed by atoms with E-state index in [0.717, 1.165) is 10.8 Å². The Morgan fingerprint density at radius 2 is 1.78 bits per heavy atom. The largest absolute Gasteiger partial charge is 0.467 e. The number of carbonyl (C=O) groups is 1. The van der Waals surface area contributed by atoms with Crippen LogP contribution in [0.15, 0.2) is 70.2 Å². The summed E-state index contributed by atoms with van der Waals surface area (Å²) < 4.78 is 33.4. The van der Waals surface area contributed by atoms with Gasteiger partial charge in [-0.3, -0.25) is 4.79 Å². The van der Waals surface area contributed by atoms with E-state index >= 15 is 0 Å². The Kier molecular flexibility index (Phi) is 5.62. The number of amides is 1. The van der Waals surface area contributed by atoms with Crippen molar-refractivity contribution in [1.82, 2.24) is 10.0 Å². The molecule has 0 saturated carbocycles. The lowest BCUT2D eigenvalue weighted by Crippen LogP contribution is -2.49. The third-order valence-corrected chi connectivity index (χ3v) is 5.72. The van der Waals surface area contributed by atoms with Crippen LogP contribution in [0.5, 0.6) is 0 Å². The van der Waals surface area contributed by atoms with Gasteiger partial charge in [0.05, 0.1) is 17.7 Å². The minimum absolute atomic E-state index is 0.130. The summed E-state index contributed by atoms with van der Waals surface area (Å²) in [5, 5.41) is 4.49. The molecule has 6 nitrogen and oxygen atoms in total. The third-order valence-electron chi connectivity index (χ3n) is 4.28. The molecule has 2 N–H and O–H groups in total. The molecule has 0 fully saturated rings. The molecule has 27 heavy (non-hydrogen) atoms. The number of benzene rings is 2. The molecular formula is C20H22N2O4S. The summed E-state index contributed by atoms with van der Waals surface area (Å²) in [5.74, 6) is -0.0224. The number of fused-ring (bicyclic) bond motifs is 1. The molecule has 0 aliphatic heterocycles. The van der Waals surface area contributed by atoms with E-state index in [1.807, 2.05) is 24.3 Å². The summed E-state index contributed by atoms with van der Waals surface area (Å²) >= 11 is 0. The van der Waals surface area contributed by atoms with Crippen LogP contribution >= 0.6 is 0 Å². The van der Waals surface area contributed by atoms with E-state index in [1.54, 1.807) is 44.2 Å². The first kappa shape index (κ1) is 19.1. The van der Waals surface area contributed by atoms with Crippen LogP contribution in [-0.2, 0) is 21.4 Å². The standard InChI is InChI=1S/C20H22N2O4S/c1-14(2)19(20(23)21-13-17-8-5-11-26-17)22-27(24,25)18-10-9-15-6-3-4-7-16(15)12-18/h3-12,14,19,22H,13H2,1-2H3,(H,21,23). The van der Waals surface area contributed by atoms with E-state index in [1.165, 1.54) is 6.26 Å². The lowest BCUT2D eigenvalue weighted by atomic mass is 10.1. The Bertz CT molecular complexity index is 1030. The van der Waals surface area contributed by atoms with Crippen molar-refractivity contribution in [3.63, 3.8) is 0 Å². The number of furan rings is 1. The maximum absolute atomic E-state index is 12.8. The van der Waals surface area contributed by atoms with Crippen molar-refractivity contribution in [3.05, 3.63) is 66.6 Å². The molecular weight excluding hydrogens is 364 g/mol. The van der Waals surface area contributed by atoms with Crippen LogP contribution in [0.3, 0.4) is 0 Å². The van der Waals surface area contributed by atoms with Gasteiger partial charge in [-0.1, -0.05) is 44.2 Å². The second kappa shape index (κ2) is 7.94. The second-order valence-corrected chi connectivity index (χ2v) is 8.36. The smallest absolute Gasteiger partial charge is 0.241 e. The van der Waals surface area contributed by atoms with Crippen LogP contribution in [0.4, 0.5) is 0 Å². The molecule has 1 amide bonds. The van der Waals surface area contributed by atoms with Crippen LogP contribution in [0.2, 0.25) is 0 Å². The van der Waals surface area contributed by atoms with E-state index in [9.17, 15) is 13.2 Å². The molecule has 0 aliphatic carbocycles. The first-order valence-corrected chi connectivity index (χ1v) is 10.2. The van der Waals surface area contributed by atoms with Crippen molar-refractivity contribution in [2.75, 3.05) is 0 Å². The minimum atomic E-state index is -3.85. The quantitative estimate of drug-likeness (QED) is 0.653.